The van der Waals surface area contributed by atoms with Crippen molar-refractivity contribution in [1.82, 2.24) is 4.90 Å². The van der Waals surface area contributed by atoms with Crippen molar-refractivity contribution in [1.29, 1.82) is 0 Å². The van der Waals surface area contributed by atoms with E-state index in [1.807, 2.05) is 0 Å². The van der Waals surface area contributed by atoms with Crippen molar-refractivity contribution < 1.29 is 0 Å². The Morgan fingerprint density at radius 3 is 2.39 bits per heavy atom. The lowest BCUT2D eigenvalue weighted by molar-refractivity contribution is 0.244. The SMILES string of the molecule is CCCC(C)N(/C(C)=C/C/C=C(\C)CC)C1CC1. The molecule has 104 valence electrons. The number of hydrogen-bond donors (Lipinski definition) is 0. The summed E-state index contributed by atoms with van der Waals surface area (Å²) in [6, 6.07) is 1.54. The molecule has 0 aromatic heterocycles. The van der Waals surface area contributed by atoms with E-state index in [0.717, 1.165) is 12.5 Å². The third-order valence-corrected chi connectivity index (χ3v) is 3.97. The topological polar surface area (TPSA) is 3.24 Å². The molecule has 0 aliphatic heterocycles. The summed E-state index contributed by atoms with van der Waals surface area (Å²) in [7, 11) is 0. The largest absolute Gasteiger partial charge is 0.370 e. The molecule has 1 unspecified atom stereocenters. The standard InChI is InChI=1S/C17H31N/c1-6-9-15(4)18(17-12-13-17)16(5)11-8-10-14(3)7-2/h10-11,15,17H,6-9,12-13H2,1-5H3/b14-10+,16-11+. The van der Waals surface area contributed by atoms with Crippen LogP contribution in [0.25, 0.3) is 0 Å². The summed E-state index contributed by atoms with van der Waals surface area (Å²) in [5.41, 5.74) is 2.98. The maximum Gasteiger partial charge on any atom is 0.0291 e. The van der Waals surface area contributed by atoms with E-state index >= 15 is 0 Å². The van der Waals surface area contributed by atoms with Gasteiger partial charge >= 0.3 is 0 Å². The molecular weight excluding hydrogens is 218 g/mol. The van der Waals surface area contributed by atoms with E-state index in [9.17, 15) is 0 Å². The number of hydrogen-bond acceptors (Lipinski definition) is 1. The Morgan fingerprint density at radius 2 is 1.89 bits per heavy atom. The molecule has 0 aromatic rings. The lowest BCUT2D eigenvalue weighted by atomic mass is 10.1. The van der Waals surface area contributed by atoms with Crippen LogP contribution in [0.15, 0.2) is 23.4 Å². The number of rotatable bonds is 8. The third kappa shape index (κ3) is 4.88. The highest BCUT2D eigenvalue weighted by atomic mass is 15.2. The molecule has 1 rings (SSSR count). The van der Waals surface area contributed by atoms with Crippen LogP contribution >= 0.6 is 0 Å². The van der Waals surface area contributed by atoms with Gasteiger partial charge in [-0.3, -0.25) is 0 Å². The second-order valence-electron chi connectivity index (χ2n) is 5.76. The Bertz CT molecular complexity index is 297. The van der Waals surface area contributed by atoms with Crippen LogP contribution in [0.2, 0.25) is 0 Å². The average molecular weight is 249 g/mol. The van der Waals surface area contributed by atoms with Crippen LogP contribution in [-0.2, 0) is 0 Å². The summed E-state index contributed by atoms with van der Waals surface area (Å²) >= 11 is 0. The van der Waals surface area contributed by atoms with Gasteiger partial charge in [-0.25, -0.2) is 0 Å². The van der Waals surface area contributed by atoms with Crippen molar-refractivity contribution in [2.24, 2.45) is 0 Å². The molecule has 0 spiro atoms. The molecule has 1 heteroatoms. The maximum atomic E-state index is 2.67. The minimum atomic E-state index is 0.704. The fourth-order valence-corrected chi connectivity index (χ4v) is 2.59. The van der Waals surface area contributed by atoms with E-state index in [1.165, 1.54) is 43.4 Å². The molecule has 0 bridgehead atoms. The number of nitrogens with zero attached hydrogens (tertiary/aromatic N) is 1. The quantitative estimate of drug-likeness (QED) is 0.528. The van der Waals surface area contributed by atoms with Gasteiger partial charge in [0.1, 0.15) is 0 Å². The van der Waals surface area contributed by atoms with E-state index in [1.54, 1.807) is 0 Å². The molecule has 1 saturated carbocycles. The molecular formula is C17H31N. The van der Waals surface area contributed by atoms with Crippen LogP contribution in [0.1, 0.15) is 73.1 Å². The zero-order chi connectivity index (χ0) is 13.5. The third-order valence-electron chi connectivity index (χ3n) is 3.97. The average Bonchev–Trinajstić information content (AvgIpc) is 3.14. The summed E-state index contributed by atoms with van der Waals surface area (Å²) in [6.07, 6.45) is 12.4. The van der Waals surface area contributed by atoms with Crippen LogP contribution in [0, 0.1) is 0 Å². The van der Waals surface area contributed by atoms with Crippen LogP contribution < -0.4 is 0 Å². The highest BCUT2D eigenvalue weighted by molar-refractivity contribution is 5.09. The van der Waals surface area contributed by atoms with Crippen molar-refractivity contribution in [2.75, 3.05) is 0 Å². The van der Waals surface area contributed by atoms with E-state index in [0.29, 0.717) is 6.04 Å². The van der Waals surface area contributed by atoms with Gasteiger partial charge in [-0.1, -0.05) is 38.0 Å². The van der Waals surface area contributed by atoms with E-state index in [2.05, 4.69) is 51.7 Å². The summed E-state index contributed by atoms with van der Waals surface area (Å²) in [4.78, 5) is 2.67. The van der Waals surface area contributed by atoms with Crippen molar-refractivity contribution in [3.8, 4) is 0 Å². The van der Waals surface area contributed by atoms with Crippen LogP contribution in [0.4, 0.5) is 0 Å². The first kappa shape index (κ1) is 15.3. The molecule has 0 saturated heterocycles. The first-order chi connectivity index (χ1) is 8.60. The Labute approximate surface area is 114 Å². The molecule has 1 aliphatic rings. The highest BCUT2D eigenvalue weighted by Crippen LogP contribution is 2.33. The van der Waals surface area contributed by atoms with Crippen molar-refractivity contribution >= 4 is 0 Å². The Balaban J connectivity index is 2.58. The Morgan fingerprint density at radius 1 is 1.22 bits per heavy atom. The molecule has 0 aromatic carbocycles. The molecule has 0 heterocycles. The second-order valence-corrected chi connectivity index (χ2v) is 5.76. The predicted molar refractivity (Wildman–Crippen MR) is 81.7 cm³/mol. The second kappa shape index (κ2) is 7.66. The first-order valence-corrected chi connectivity index (χ1v) is 7.70. The van der Waals surface area contributed by atoms with Gasteiger partial charge in [0.05, 0.1) is 0 Å². The van der Waals surface area contributed by atoms with Gasteiger partial charge in [0.2, 0.25) is 0 Å². The van der Waals surface area contributed by atoms with Gasteiger partial charge < -0.3 is 4.90 Å². The van der Waals surface area contributed by atoms with Crippen LogP contribution in [0.3, 0.4) is 0 Å². The minimum Gasteiger partial charge on any atom is -0.370 e. The number of allylic oxidation sites excluding steroid dienone is 4. The first-order valence-electron chi connectivity index (χ1n) is 7.70. The lowest BCUT2D eigenvalue weighted by Gasteiger charge is -2.32. The Hall–Kier alpha value is -0.720. The van der Waals surface area contributed by atoms with Gasteiger partial charge in [-0.15, -0.1) is 0 Å². The van der Waals surface area contributed by atoms with E-state index in [-0.39, 0.29) is 0 Å². The van der Waals surface area contributed by atoms with Gasteiger partial charge in [-0.2, -0.15) is 0 Å². The fraction of sp³-hybridized carbons (Fsp3) is 0.765. The summed E-state index contributed by atoms with van der Waals surface area (Å²) in [5, 5.41) is 0. The molecule has 0 amide bonds. The van der Waals surface area contributed by atoms with Gasteiger partial charge in [0.25, 0.3) is 0 Å². The highest BCUT2D eigenvalue weighted by Gasteiger charge is 2.31. The molecule has 1 fully saturated rings. The normalized spacial score (nSPS) is 18.9. The van der Waals surface area contributed by atoms with E-state index < -0.39 is 0 Å². The predicted octanol–water partition coefficient (Wildman–Crippen LogP) is 5.29. The minimum absolute atomic E-state index is 0.704. The van der Waals surface area contributed by atoms with Gasteiger partial charge in [-0.05, 0) is 52.9 Å². The molecule has 1 aliphatic carbocycles. The molecule has 0 N–H and O–H groups in total. The van der Waals surface area contributed by atoms with E-state index in [4.69, 9.17) is 0 Å². The van der Waals surface area contributed by atoms with Gasteiger partial charge in [0.15, 0.2) is 0 Å². The molecule has 1 atom stereocenters. The van der Waals surface area contributed by atoms with Crippen LogP contribution in [-0.4, -0.2) is 17.0 Å². The monoisotopic (exact) mass is 249 g/mol. The van der Waals surface area contributed by atoms with Crippen molar-refractivity contribution in [3.05, 3.63) is 23.4 Å². The Kier molecular flexibility index (Phi) is 6.52. The summed E-state index contributed by atoms with van der Waals surface area (Å²) < 4.78 is 0. The molecule has 18 heavy (non-hydrogen) atoms. The lowest BCUT2D eigenvalue weighted by Crippen LogP contribution is -2.33. The fourth-order valence-electron chi connectivity index (χ4n) is 2.59. The summed E-state index contributed by atoms with van der Waals surface area (Å²) in [5.74, 6) is 0. The maximum absolute atomic E-state index is 2.67. The van der Waals surface area contributed by atoms with Crippen LogP contribution in [0.5, 0.6) is 0 Å². The van der Waals surface area contributed by atoms with Crippen molar-refractivity contribution in [3.63, 3.8) is 0 Å². The zero-order valence-corrected chi connectivity index (χ0v) is 13.0. The smallest absolute Gasteiger partial charge is 0.0291 e. The zero-order valence-electron chi connectivity index (χ0n) is 13.0. The summed E-state index contributed by atoms with van der Waals surface area (Å²) in [6.45, 7) is 11.4. The molecule has 0 radical (unpaired) electrons. The van der Waals surface area contributed by atoms with Gasteiger partial charge in [0, 0.05) is 17.8 Å². The molecule has 1 nitrogen and oxygen atoms in total. The van der Waals surface area contributed by atoms with Crippen molar-refractivity contribution in [2.45, 2.75) is 85.2 Å².